The molecule has 1 saturated carbocycles. The van der Waals surface area contributed by atoms with Gasteiger partial charge in [-0.05, 0) is 67.4 Å². The van der Waals surface area contributed by atoms with Crippen LogP contribution in [0.5, 0.6) is 0 Å². The average Bonchev–Trinajstić information content (AvgIpc) is 3.74. The first-order valence-electron chi connectivity index (χ1n) is 21.6. The number of thiazole rings is 1. The van der Waals surface area contributed by atoms with Crippen LogP contribution in [0, 0.1) is 36.0 Å². The van der Waals surface area contributed by atoms with Crippen LogP contribution >= 0.6 is 11.3 Å². The standard InChI is InChI=1S/C44H63N5O10S/c1-25-8-13-32-26(2)34(56-41-44(32)31(25)14-16-43(7,57-41)58-59-44)21-36(52)45-17-19-55-18-15-35(51)48-38(42(4,5)6)40(54)49-23-30(50)20-33(49)39(53)46-22-28-9-11-29(12-10-28)37-27(3)47-24-60-37/h9-12,24-26,30-34,38,41,50H,8,13-23H2,1-7H3,(H,45,52)(H,46,53)(H,48,51). The highest BCUT2D eigenvalue weighted by Crippen LogP contribution is 2.60. The molecule has 330 valence electrons. The van der Waals surface area contributed by atoms with Crippen LogP contribution in [0.2, 0.25) is 0 Å². The summed E-state index contributed by atoms with van der Waals surface area (Å²) in [7, 11) is 0. The van der Waals surface area contributed by atoms with Crippen molar-refractivity contribution in [2.24, 2.45) is 29.1 Å². The van der Waals surface area contributed by atoms with E-state index in [4.69, 9.17) is 24.0 Å². The molecule has 2 bridgehead atoms. The number of rotatable bonds is 14. The first-order chi connectivity index (χ1) is 28.5. The van der Waals surface area contributed by atoms with Crippen LogP contribution in [0.25, 0.3) is 10.4 Å². The van der Waals surface area contributed by atoms with Gasteiger partial charge in [0.25, 0.3) is 0 Å². The zero-order valence-electron chi connectivity index (χ0n) is 36.0. The number of hydrogen-bond donors (Lipinski definition) is 4. The number of ether oxygens (including phenoxy) is 3. The number of carbonyl (C=O) groups is 4. The summed E-state index contributed by atoms with van der Waals surface area (Å²) in [6.07, 6.45) is 2.16. The van der Waals surface area contributed by atoms with Gasteiger partial charge in [0, 0.05) is 44.8 Å². The predicted molar refractivity (Wildman–Crippen MR) is 222 cm³/mol. The molecule has 16 heteroatoms. The zero-order valence-corrected chi connectivity index (χ0v) is 36.8. The third kappa shape index (κ3) is 9.30. The van der Waals surface area contributed by atoms with E-state index in [-0.39, 0.29) is 93.7 Å². The fourth-order valence-corrected chi connectivity index (χ4v) is 10.8. The summed E-state index contributed by atoms with van der Waals surface area (Å²) < 4.78 is 18.7. The molecule has 1 aromatic carbocycles. The molecule has 6 heterocycles. The molecule has 11 atom stereocenters. The van der Waals surface area contributed by atoms with Crippen LogP contribution < -0.4 is 16.0 Å². The van der Waals surface area contributed by atoms with Crippen LogP contribution in [0.1, 0.15) is 97.7 Å². The number of β-amino-alcohol motifs (C(OH)–C–C–N with tert-alkyl or cyclic N) is 1. The van der Waals surface area contributed by atoms with E-state index in [9.17, 15) is 24.3 Å². The van der Waals surface area contributed by atoms with Gasteiger partial charge in [-0.2, -0.15) is 0 Å². The maximum atomic E-state index is 14.0. The van der Waals surface area contributed by atoms with Crippen LogP contribution in [0.4, 0.5) is 0 Å². The average molecular weight is 854 g/mol. The third-order valence-electron chi connectivity index (χ3n) is 13.4. The molecule has 8 rings (SSSR count). The summed E-state index contributed by atoms with van der Waals surface area (Å²) in [6.45, 7) is 14.6. The number of benzene rings is 1. The SMILES string of the molecule is Cc1ncsc1-c1ccc(CNC(=O)C2CC(O)CN2C(=O)C(NC(=O)CCOCCNC(=O)CC2OC3OC4(C)CCC5C(C)CCC(C2C)C35OO4)C(C)(C)C)cc1. The second-order valence-corrected chi connectivity index (χ2v) is 19.7. The van der Waals surface area contributed by atoms with Gasteiger partial charge in [-0.1, -0.05) is 58.9 Å². The van der Waals surface area contributed by atoms with E-state index in [1.807, 2.05) is 64.4 Å². The molecule has 6 fully saturated rings. The fourth-order valence-electron chi connectivity index (χ4n) is 10.0. The Hall–Kier alpha value is -3.51. The Morgan fingerprint density at radius 3 is 2.52 bits per heavy atom. The maximum Gasteiger partial charge on any atom is 0.246 e. The largest absolute Gasteiger partial charge is 0.391 e. The number of aromatic nitrogens is 1. The Kier molecular flexibility index (Phi) is 13.4. The number of aryl methyl sites for hydroxylation is 1. The minimum absolute atomic E-state index is 0.00995. The first-order valence-corrected chi connectivity index (χ1v) is 22.5. The molecule has 6 aliphatic rings. The van der Waals surface area contributed by atoms with E-state index >= 15 is 0 Å². The van der Waals surface area contributed by atoms with Crippen LogP contribution in [0.3, 0.4) is 0 Å². The lowest BCUT2D eigenvalue weighted by Gasteiger charge is -2.60. The molecule has 15 nitrogen and oxygen atoms in total. The lowest BCUT2D eigenvalue weighted by Crippen LogP contribution is -2.70. The van der Waals surface area contributed by atoms with Gasteiger partial charge in [0.1, 0.15) is 12.1 Å². The van der Waals surface area contributed by atoms with Gasteiger partial charge >= 0.3 is 0 Å². The highest BCUT2D eigenvalue weighted by Gasteiger charge is 2.69. The van der Waals surface area contributed by atoms with Crippen molar-refractivity contribution in [2.75, 3.05) is 26.3 Å². The van der Waals surface area contributed by atoms with E-state index in [0.29, 0.717) is 5.92 Å². The van der Waals surface area contributed by atoms with Crippen LogP contribution in [-0.4, -0.2) is 107 Å². The zero-order chi connectivity index (χ0) is 43.0. The van der Waals surface area contributed by atoms with Gasteiger partial charge in [-0.15, -0.1) is 11.3 Å². The van der Waals surface area contributed by atoms with E-state index in [2.05, 4.69) is 34.8 Å². The van der Waals surface area contributed by atoms with Crippen molar-refractivity contribution < 1.29 is 48.3 Å². The molecular formula is C44H63N5O10S. The lowest BCUT2D eigenvalue weighted by molar-refractivity contribution is -0.570. The van der Waals surface area contributed by atoms with Crippen molar-refractivity contribution in [1.82, 2.24) is 25.8 Å². The second-order valence-electron chi connectivity index (χ2n) is 18.8. The molecule has 11 unspecified atom stereocenters. The number of carbonyl (C=O) groups excluding carboxylic acids is 4. The maximum absolute atomic E-state index is 14.0. The Balaban J connectivity index is 0.841. The van der Waals surface area contributed by atoms with Gasteiger partial charge in [0.2, 0.25) is 29.4 Å². The number of aliphatic hydroxyl groups excluding tert-OH is 1. The molecule has 5 aliphatic heterocycles. The smallest absolute Gasteiger partial charge is 0.246 e. The Morgan fingerprint density at radius 2 is 1.80 bits per heavy atom. The molecule has 4 N–H and O–H groups in total. The van der Waals surface area contributed by atoms with Crippen LogP contribution in [-0.2, 0) is 49.7 Å². The number of amides is 4. The molecule has 1 aromatic heterocycles. The van der Waals surface area contributed by atoms with E-state index < -0.39 is 47.2 Å². The minimum atomic E-state index is -0.949. The van der Waals surface area contributed by atoms with Crippen molar-refractivity contribution in [3.05, 3.63) is 41.0 Å². The van der Waals surface area contributed by atoms with Gasteiger partial charge in [0.15, 0.2) is 11.9 Å². The van der Waals surface area contributed by atoms with Gasteiger partial charge in [-0.25, -0.2) is 14.8 Å². The number of aliphatic hydroxyl groups is 1. The third-order valence-corrected chi connectivity index (χ3v) is 14.4. The molecule has 5 saturated heterocycles. The summed E-state index contributed by atoms with van der Waals surface area (Å²) in [4.78, 5) is 72.6. The Bertz CT molecular complexity index is 1870. The first kappa shape index (κ1) is 44.5. The molecule has 60 heavy (non-hydrogen) atoms. The van der Waals surface area contributed by atoms with Crippen LogP contribution in [0.15, 0.2) is 29.8 Å². The second kappa shape index (κ2) is 18.1. The number of nitrogens with zero attached hydrogens (tertiary/aromatic N) is 2. The topological polar surface area (TPSA) is 187 Å². The van der Waals surface area contributed by atoms with Crippen molar-refractivity contribution in [3.63, 3.8) is 0 Å². The Morgan fingerprint density at radius 1 is 1.03 bits per heavy atom. The summed E-state index contributed by atoms with van der Waals surface area (Å²) in [6, 6.07) is 6.04. The predicted octanol–water partition coefficient (Wildman–Crippen LogP) is 4.39. The lowest BCUT2D eigenvalue weighted by atomic mass is 9.57. The summed E-state index contributed by atoms with van der Waals surface area (Å²) in [5.41, 5.74) is 3.36. The normalized spacial score (nSPS) is 32.8. The minimum Gasteiger partial charge on any atom is -0.391 e. The number of likely N-dealkylation sites (tertiary alicyclic amines) is 1. The van der Waals surface area contributed by atoms with Gasteiger partial charge in [-0.3, -0.25) is 19.2 Å². The Labute approximate surface area is 356 Å². The molecular weight excluding hydrogens is 791 g/mol. The number of hydrogen-bond acceptors (Lipinski definition) is 12. The van der Waals surface area contributed by atoms with Gasteiger partial charge < -0.3 is 40.2 Å². The molecule has 2 aromatic rings. The highest BCUT2D eigenvalue weighted by molar-refractivity contribution is 7.13. The number of fused-ring (bicyclic) bond motifs is 2. The monoisotopic (exact) mass is 853 g/mol. The van der Waals surface area contributed by atoms with E-state index in [1.54, 1.807) is 11.3 Å². The summed E-state index contributed by atoms with van der Waals surface area (Å²) in [5.74, 6) is -1.31. The molecule has 1 spiro atoms. The van der Waals surface area contributed by atoms with Crippen molar-refractivity contribution in [1.29, 1.82) is 0 Å². The summed E-state index contributed by atoms with van der Waals surface area (Å²) >= 11 is 1.57. The molecule has 1 aliphatic carbocycles. The quantitative estimate of drug-likeness (QED) is 0.156. The fraction of sp³-hybridized carbons (Fsp3) is 0.705. The van der Waals surface area contributed by atoms with Gasteiger partial charge in [0.05, 0.1) is 47.9 Å². The van der Waals surface area contributed by atoms with E-state index in [1.165, 1.54) is 4.90 Å². The van der Waals surface area contributed by atoms with E-state index in [0.717, 1.165) is 47.4 Å². The van der Waals surface area contributed by atoms with Crippen molar-refractivity contribution in [2.45, 2.75) is 142 Å². The molecule has 4 amide bonds. The molecule has 0 radical (unpaired) electrons. The van der Waals surface area contributed by atoms with Crippen molar-refractivity contribution in [3.8, 4) is 10.4 Å². The van der Waals surface area contributed by atoms with Crippen molar-refractivity contribution >= 4 is 35.0 Å². The number of nitrogens with one attached hydrogen (secondary N) is 3. The summed E-state index contributed by atoms with van der Waals surface area (Å²) in [5, 5.41) is 19.3. The highest BCUT2D eigenvalue weighted by atomic mass is 32.1.